The average molecular weight is 185 g/mol. The van der Waals surface area contributed by atoms with E-state index in [0.29, 0.717) is 12.0 Å². The largest absolute Gasteiger partial charge is 0.378 e. The number of unbranched alkanes of at least 4 members (excludes halogenated alkanes) is 2. The van der Waals surface area contributed by atoms with Crippen LogP contribution in [0.2, 0.25) is 0 Å². The minimum Gasteiger partial charge on any atom is -0.378 e. The van der Waals surface area contributed by atoms with Gasteiger partial charge in [0, 0.05) is 6.61 Å². The van der Waals surface area contributed by atoms with Crippen molar-refractivity contribution in [1.82, 2.24) is 0 Å². The summed E-state index contributed by atoms with van der Waals surface area (Å²) in [7, 11) is 0. The molecule has 1 aliphatic rings. The number of rotatable bonds is 5. The summed E-state index contributed by atoms with van der Waals surface area (Å²) in [6.07, 6.45) is 8.08. The third kappa shape index (κ3) is 3.65. The van der Waals surface area contributed by atoms with E-state index >= 15 is 0 Å². The Morgan fingerprint density at radius 1 is 1.38 bits per heavy atom. The SMILES string of the molecule is CCCCCC1OCCCC1CN. The average Bonchev–Trinajstić information content (AvgIpc) is 2.19. The summed E-state index contributed by atoms with van der Waals surface area (Å²) in [6.45, 7) is 3.99. The van der Waals surface area contributed by atoms with Gasteiger partial charge in [0.2, 0.25) is 0 Å². The molecule has 0 aliphatic carbocycles. The summed E-state index contributed by atoms with van der Waals surface area (Å²) in [5.41, 5.74) is 5.72. The molecule has 0 aromatic rings. The van der Waals surface area contributed by atoms with Gasteiger partial charge >= 0.3 is 0 Å². The number of nitrogens with two attached hydrogens (primary N) is 1. The van der Waals surface area contributed by atoms with Crippen molar-refractivity contribution in [3.8, 4) is 0 Å². The standard InChI is InChI=1S/C11H23NO/c1-2-3-4-7-11-10(9-12)6-5-8-13-11/h10-11H,2-9,12H2,1H3. The molecule has 0 aromatic heterocycles. The molecule has 2 unspecified atom stereocenters. The van der Waals surface area contributed by atoms with E-state index in [0.717, 1.165) is 13.2 Å². The summed E-state index contributed by atoms with van der Waals surface area (Å²) in [5, 5.41) is 0. The van der Waals surface area contributed by atoms with Crippen LogP contribution in [-0.4, -0.2) is 19.3 Å². The highest BCUT2D eigenvalue weighted by Crippen LogP contribution is 2.23. The summed E-state index contributed by atoms with van der Waals surface area (Å²) in [4.78, 5) is 0. The molecule has 0 amide bonds. The second-order valence-corrected chi connectivity index (χ2v) is 4.04. The highest BCUT2D eigenvalue weighted by Gasteiger charge is 2.23. The molecule has 0 bridgehead atoms. The molecular weight excluding hydrogens is 162 g/mol. The number of hydrogen-bond acceptors (Lipinski definition) is 2. The highest BCUT2D eigenvalue weighted by molar-refractivity contribution is 4.75. The van der Waals surface area contributed by atoms with Crippen LogP contribution < -0.4 is 5.73 Å². The minimum atomic E-state index is 0.463. The lowest BCUT2D eigenvalue weighted by Crippen LogP contribution is -2.34. The van der Waals surface area contributed by atoms with Gasteiger partial charge in [-0.25, -0.2) is 0 Å². The molecule has 1 fully saturated rings. The maximum Gasteiger partial charge on any atom is 0.0615 e. The van der Waals surface area contributed by atoms with Crippen molar-refractivity contribution in [3.63, 3.8) is 0 Å². The van der Waals surface area contributed by atoms with E-state index in [-0.39, 0.29) is 0 Å². The zero-order valence-corrected chi connectivity index (χ0v) is 8.80. The summed E-state index contributed by atoms with van der Waals surface area (Å²) < 4.78 is 5.75. The lowest BCUT2D eigenvalue weighted by Gasteiger charge is -2.30. The fourth-order valence-corrected chi connectivity index (χ4v) is 2.09. The van der Waals surface area contributed by atoms with Gasteiger partial charge in [-0.05, 0) is 31.7 Å². The van der Waals surface area contributed by atoms with Crippen LogP contribution in [0.15, 0.2) is 0 Å². The van der Waals surface area contributed by atoms with Crippen molar-refractivity contribution in [2.75, 3.05) is 13.2 Å². The minimum absolute atomic E-state index is 0.463. The van der Waals surface area contributed by atoms with Crippen LogP contribution in [-0.2, 0) is 4.74 Å². The molecule has 1 heterocycles. The van der Waals surface area contributed by atoms with Crippen LogP contribution in [0.1, 0.15) is 45.4 Å². The Morgan fingerprint density at radius 3 is 2.92 bits per heavy atom. The number of hydrogen-bond donors (Lipinski definition) is 1. The van der Waals surface area contributed by atoms with Gasteiger partial charge in [0.25, 0.3) is 0 Å². The third-order valence-corrected chi connectivity index (χ3v) is 2.97. The molecule has 1 saturated heterocycles. The van der Waals surface area contributed by atoms with Crippen LogP contribution in [0.3, 0.4) is 0 Å². The molecule has 13 heavy (non-hydrogen) atoms. The van der Waals surface area contributed by atoms with Gasteiger partial charge < -0.3 is 10.5 Å². The predicted molar refractivity (Wildman–Crippen MR) is 55.7 cm³/mol. The topological polar surface area (TPSA) is 35.2 Å². The molecule has 0 spiro atoms. The molecule has 2 atom stereocenters. The Labute approximate surface area is 81.8 Å². The van der Waals surface area contributed by atoms with E-state index in [2.05, 4.69) is 6.92 Å². The van der Waals surface area contributed by atoms with Crippen LogP contribution >= 0.6 is 0 Å². The van der Waals surface area contributed by atoms with E-state index in [1.165, 1.54) is 38.5 Å². The molecule has 1 rings (SSSR count). The molecule has 0 saturated carbocycles. The van der Waals surface area contributed by atoms with Crippen molar-refractivity contribution in [2.24, 2.45) is 11.7 Å². The van der Waals surface area contributed by atoms with Gasteiger partial charge in [-0.2, -0.15) is 0 Å². The van der Waals surface area contributed by atoms with Crippen LogP contribution in [0, 0.1) is 5.92 Å². The lowest BCUT2D eigenvalue weighted by molar-refractivity contribution is -0.0288. The van der Waals surface area contributed by atoms with Gasteiger partial charge in [-0.3, -0.25) is 0 Å². The van der Waals surface area contributed by atoms with Crippen LogP contribution in [0.5, 0.6) is 0 Å². The van der Waals surface area contributed by atoms with E-state index < -0.39 is 0 Å². The van der Waals surface area contributed by atoms with E-state index in [9.17, 15) is 0 Å². The van der Waals surface area contributed by atoms with Crippen molar-refractivity contribution < 1.29 is 4.74 Å². The quantitative estimate of drug-likeness (QED) is 0.667. The Balaban J connectivity index is 2.19. The Kier molecular flexibility index (Phi) is 5.40. The van der Waals surface area contributed by atoms with Crippen LogP contribution in [0.4, 0.5) is 0 Å². The maximum atomic E-state index is 5.75. The summed E-state index contributed by atoms with van der Waals surface area (Å²) >= 11 is 0. The smallest absolute Gasteiger partial charge is 0.0615 e. The number of ether oxygens (including phenoxy) is 1. The van der Waals surface area contributed by atoms with Gasteiger partial charge in [-0.15, -0.1) is 0 Å². The van der Waals surface area contributed by atoms with Crippen molar-refractivity contribution in [2.45, 2.75) is 51.6 Å². The third-order valence-electron chi connectivity index (χ3n) is 2.97. The molecule has 0 radical (unpaired) electrons. The molecule has 2 heteroatoms. The van der Waals surface area contributed by atoms with E-state index in [1.54, 1.807) is 0 Å². The van der Waals surface area contributed by atoms with Crippen LogP contribution in [0.25, 0.3) is 0 Å². The first-order valence-corrected chi connectivity index (χ1v) is 5.70. The summed E-state index contributed by atoms with van der Waals surface area (Å²) in [5.74, 6) is 0.630. The molecule has 2 nitrogen and oxygen atoms in total. The zero-order valence-electron chi connectivity index (χ0n) is 8.80. The molecular formula is C11H23NO. The molecule has 78 valence electrons. The Bertz CT molecular complexity index is 127. The summed E-state index contributed by atoms with van der Waals surface area (Å²) in [6, 6.07) is 0. The predicted octanol–water partition coefficient (Wildman–Crippen LogP) is 2.32. The first-order valence-electron chi connectivity index (χ1n) is 5.70. The van der Waals surface area contributed by atoms with Crippen molar-refractivity contribution in [3.05, 3.63) is 0 Å². The first kappa shape index (κ1) is 11.0. The normalized spacial score (nSPS) is 29.1. The van der Waals surface area contributed by atoms with Gasteiger partial charge in [0.05, 0.1) is 6.10 Å². The molecule has 2 N–H and O–H groups in total. The van der Waals surface area contributed by atoms with Crippen molar-refractivity contribution >= 4 is 0 Å². The maximum absolute atomic E-state index is 5.75. The van der Waals surface area contributed by atoms with Gasteiger partial charge in [0.1, 0.15) is 0 Å². The fourth-order valence-electron chi connectivity index (χ4n) is 2.09. The first-order chi connectivity index (χ1) is 6.38. The fraction of sp³-hybridized carbons (Fsp3) is 1.00. The Morgan fingerprint density at radius 2 is 2.23 bits per heavy atom. The Hall–Kier alpha value is -0.0800. The molecule has 0 aromatic carbocycles. The second kappa shape index (κ2) is 6.39. The lowest BCUT2D eigenvalue weighted by atomic mass is 9.91. The zero-order chi connectivity index (χ0) is 9.52. The second-order valence-electron chi connectivity index (χ2n) is 4.04. The highest BCUT2D eigenvalue weighted by atomic mass is 16.5. The van der Waals surface area contributed by atoms with Crippen molar-refractivity contribution in [1.29, 1.82) is 0 Å². The van der Waals surface area contributed by atoms with Gasteiger partial charge in [0.15, 0.2) is 0 Å². The molecule has 1 aliphatic heterocycles. The van der Waals surface area contributed by atoms with E-state index in [4.69, 9.17) is 10.5 Å². The van der Waals surface area contributed by atoms with E-state index in [1.807, 2.05) is 0 Å². The monoisotopic (exact) mass is 185 g/mol. The van der Waals surface area contributed by atoms with Gasteiger partial charge in [-0.1, -0.05) is 26.2 Å².